The summed E-state index contributed by atoms with van der Waals surface area (Å²) in [5, 5.41) is 2.84. The fraction of sp³-hybridized carbons (Fsp3) is 0.500. The molecule has 104 valence electrons. The van der Waals surface area contributed by atoms with E-state index in [2.05, 4.69) is 5.32 Å². The topological polar surface area (TPSA) is 56.8 Å². The van der Waals surface area contributed by atoms with Crippen LogP contribution in [0.25, 0.3) is 0 Å². The van der Waals surface area contributed by atoms with E-state index in [4.69, 9.17) is 14.2 Å². The molecule has 2 rings (SSSR count). The van der Waals surface area contributed by atoms with Gasteiger partial charge in [-0.05, 0) is 30.7 Å². The fourth-order valence-electron chi connectivity index (χ4n) is 1.85. The van der Waals surface area contributed by atoms with Gasteiger partial charge in [-0.2, -0.15) is 0 Å². The highest BCUT2D eigenvalue weighted by atomic mass is 16.7. The Balaban J connectivity index is 1.73. The minimum absolute atomic E-state index is 0.0986. The molecule has 0 radical (unpaired) electrons. The van der Waals surface area contributed by atoms with E-state index in [0.717, 1.165) is 25.4 Å². The number of carbonyl (C=O) groups excluding carboxylic acids is 1. The molecule has 19 heavy (non-hydrogen) atoms. The SMILES string of the molecule is COc1ccc(C(=O)NCCC2OCCCO2)cc1. The summed E-state index contributed by atoms with van der Waals surface area (Å²) in [6.07, 6.45) is 1.42. The van der Waals surface area contributed by atoms with Crippen LogP contribution in [0.5, 0.6) is 5.75 Å². The first-order valence-corrected chi connectivity index (χ1v) is 6.45. The second kappa shape index (κ2) is 7.11. The minimum atomic E-state index is -0.190. The van der Waals surface area contributed by atoms with Gasteiger partial charge in [0.1, 0.15) is 5.75 Å². The van der Waals surface area contributed by atoms with Gasteiger partial charge in [-0.1, -0.05) is 0 Å². The average molecular weight is 265 g/mol. The molecule has 5 nitrogen and oxygen atoms in total. The minimum Gasteiger partial charge on any atom is -0.497 e. The van der Waals surface area contributed by atoms with E-state index in [9.17, 15) is 4.79 Å². The first-order valence-electron chi connectivity index (χ1n) is 6.45. The number of rotatable bonds is 5. The second-order valence-corrected chi connectivity index (χ2v) is 4.30. The van der Waals surface area contributed by atoms with E-state index in [-0.39, 0.29) is 12.2 Å². The summed E-state index contributed by atoms with van der Waals surface area (Å²) < 4.78 is 15.9. The van der Waals surface area contributed by atoms with Crippen LogP contribution in [0.2, 0.25) is 0 Å². The molecule has 1 aliphatic heterocycles. The van der Waals surface area contributed by atoms with Crippen molar-refractivity contribution in [1.29, 1.82) is 0 Å². The van der Waals surface area contributed by atoms with E-state index in [1.165, 1.54) is 0 Å². The molecule has 0 aromatic heterocycles. The number of amides is 1. The molecule has 0 saturated carbocycles. The van der Waals surface area contributed by atoms with Crippen molar-refractivity contribution in [3.05, 3.63) is 29.8 Å². The maximum absolute atomic E-state index is 11.9. The number of hydrogen-bond acceptors (Lipinski definition) is 4. The molecule has 1 aliphatic rings. The van der Waals surface area contributed by atoms with Gasteiger partial charge < -0.3 is 19.5 Å². The fourth-order valence-corrected chi connectivity index (χ4v) is 1.85. The van der Waals surface area contributed by atoms with Crippen LogP contribution in [-0.4, -0.2) is 39.1 Å². The first-order chi connectivity index (χ1) is 9.29. The van der Waals surface area contributed by atoms with Gasteiger partial charge in [-0.15, -0.1) is 0 Å². The molecule has 1 saturated heterocycles. The number of benzene rings is 1. The van der Waals surface area contributed by atoms with Gasteiger partial charge >= 0.3 is 0 Å². The molecule has 0 aliphatic carbocycles. The highest BCUT2D eigenvalue weighted by Crippen LogP contribution is 2.11. The zero-order valence-electron chi connectivity index (χ0n) is 11.1. The zero-order valence-corrected chi connectivity index (χ0v) is 11.1. The number of methoxy groups -OCH3 is 1. The molecule has 5 heteroatoms. The normalized spacial score (nSPS) is 16.1. The van der Waals surface area contributed by atoms with Gasteiger partial charge in [0, 0.05) is 18.5 Å². The number of carbonyl (C=O) groups is 1. The maximum Gasteiger partial charge on any atom is 0.251 e. The summed E-state index contributed by atoms with van der Waals surface area (Å²) in [5.74, 6) is 0.638. The zero-order chi connectivity index (χ0) is 13.5. The van der Waals surface area contributed by atoms with E-state index in [0.29, 0.717) is 18.5 Å². The van der Waals surface area contributed by atoms with E-state index in [1.807, 2.05) is 0 Å². The molecular weight excluding hydrogens is 246 g/mol. The second-order valence-electron chi connectivity index (χ2n) is 4.30. The van der Waals surface area contributed by atoms with Gasteiger partial charge in [-0.25, -0.2) is 0 Å². The largest absolute Gasteiger partial charge is 0.497 e. The highest BCUT2D eigenvalue weighted by Gasteiger charge is 2.14. The van der Waals surface area contributed by atoms with Crippen molar-refractivity contribution in [3.63, 3.8) is 0 Å². The van der Waals surface area contributed by atoms with E-state index in [1.54, 1.807) is 31.4 Å². The Kier molecular flexibility index (Phi) is 5.18. The molecule has 1 aromatic rings. The van der Waals surface area contributed by atoms with Crippen LogP contribution in [0.3, 0.4) is 0 Å². The molecule has 1 N–H and O–H groups in total. The molecule has 0 spiro atoms. The van der Waals surface area contributed by atoms with E-state index < -0.39 is 0 Å². The molecule has 1 aromatic carbocycles. The third-order valence-electron chi connectivity index (χ3n) is 2.91. The van der Waals surface area contributed by atoms with Crippen molar-refractivity contribution in [1.82, 2.24) is 5.32 Å². The molecule has 1 heterocycles. The number of hydrogen-bond donors (Lipinski definition) is 1. The maximum atomic E-state index is 11.9. The number of ether oxygens (including phenoxy) is 3. The van der Waals surface area contributed by atoms with Crippen LogP contribution in [0, 0.1) is 0 Å². The van der Waals surface area contributed by atoms with Crippen molar-refractivity contribution in [2.24, 2.45) is 0 Å². The molecule has 0 atom stereocenters. The summed E-state index contributed by atoms with van der Waals surface area (Å²) in [5.41, 5.74) is 0.617. The lowest BCUT2D eigenvalue weighted by Gasteiger charge is -2.23. The highest BCUT2D eigenvalue weighted by molar-refractivity contribution is 5.94. The third kappa shape index (κ3) is 4.22. The van der Waals surface area contributed by atoms with Crippen molar-refractivity contribution in [3.8, 4) is 5.75 Å². The van der Waals surface area contributed by atoms with Crippen LogP contribution < -0.4 is 10.1 Å². The summed E-state index contributed by atoms with van der Waals surface area (Å²) in [6, 6.07) is 7.01. The van der Waals surface area contributed by atoms with Gasteiger partial charge in [0.25, 0.3) is 5.91 Å². The lowest BCUT2D eigenvalue weighted by atomic mass is 10.2. The average Bonchev–Trinajstić information content (AvgIpc) is 2.48. The van der Waals surface area contributed by atoms with Gasteiger partial charge in [-0.3, -0.25) is 4.79 Å². The number of nitrogens with one attached hydrogen (secondary N) is 1. The Morgan fingerprint density at radius 3 is 2.63 bits per heavy atom. The quantitative estimate of drug-likeness (QED) is 0.878. The van der Waals surface area contributed by atoms with Crippen molar-refractivity contribution in [2.45, 2.75) is 19.1 Å². The monoisotopic (exact) mass is 265 g/mol. The van der Waals surface area contributed by atoms with Crippen LogP contribution in [0.15, 0.2) is 24.3 Å². The predicted molar refractivity (Wildman–Crippen MR) is 70.3 cm³/mol. The van der Waals surface area contributed by atoms with Crippen molar-refractivity contribution >= 4 is 5.91 Å². The molecule has 1 amide bonds. The van der Waals surface area contributed by atoms with E-state index >= 15 is 0 Å². The van der Waals surface area contributed by atoms with Crippen LogP contribution in [-0.2, 0) is 9.47 Å². The van der Waals surface area contributed by atoms with Crippen LogP contribution in [0.1, 0.15) is 23.2 Å². The molecule has 0 bridgehead atoms. The summed E-state index contributed by atoms with van der Waals surface area (Å²) in [6.45, 7) is 2.00. The van der Waals surface area contributed by atoms with Gasteiger partial charge in [0.05, 0.1) is 20.3 Å². The Labute approximate surface area is 112 Å². The Bertz CT molecular complexity index is 398. The van der Waals surface area contributed by atoms with Crippen molar-refractivity contribution < 1.29 is 19.0 Å². The predicted octanol–water partition coefficient (Wildman–Crippen LogP) is 1.58. The summed E-state index contributed by atoms with van der Waals surface area (Å²) >= 11 is 0. The Hall–Kier alpha value is -1.59. The van der Waals surface area contributed by atoms with Gasteiger partial charge in [0.2, 0.25) is 0 Å². The van der Waals surface area contributed by atoms with Crippen LogP contribution >= 0.6 is 0 Å². The third-order valence-corrected chi connectivity index (χ3v) is 2.91. The standard InChI is InChI=1S/C14H19NO4/c1-17-12-5-3-11(4-6-12)14(16)15-8-7-13-18-9-2-10-19-13/h3-6,13H,2,7-10H2,1H3,(H,15,16). The van der Waals surface area contributed by atoms with Crippen LogP contribution in [0.4, 0.5) is 0 Å². The molecule has 1 fully saturated rings. The van der Waals surface area contributed by atoms with Crippen molar-refractivity contribution in [2.75, 3.05) is 26.9 Å². The lowest BCUT2D eigenvalue weighted by Crippen LogP contribution is -2.31. The molecular formula is C14H19NO4. The molecule has 0 unspecified atom stereocenters. The lowest BCUT2D eigenvalue weighted by molar-refractivity contribution is -0.180. The Morgan fingerprint density at radius 1 is 1.32 bits per heavy atom. The summed E-state index contributed by atoms with van der Waals surface area (Å²) in [7, 11) is 1.60. The Morgan fingerprint density at radius 2 is 2.00 bits per heavy atom. The smallest absolute Gasteiger partial charge is 0.251 e. The first kappa shape index (κ1) is 13.8. The van der Waals surface area contributed by atoms with Gasteiger partial charge in [0.15, 0.2) is 6.29 Å². The summed E-state index contributed by atoms with van der Waals surface area (Å²) in [4.78, 5) is 11.9.